The molecule has 0 aliphatic rings. The van der Waals surface area contributed by atoms with Gasteiger partial charge in [0.1, 0.15) is 0 Å². The number of amides is 1. The summed E-state index contributed by atoms with van der Waals surface area (Å²) in [5, 5.41) is 2.98. The fourth-order valence-electron chi connectivity index (χ4n) is 1.95. The van der Waals surface area contributed by atoms with Crippen LogP contribution in [-0.4, -0.2) is 12.5 Å². The van der Waals surface area contributed by atoms with Crippen molar-refractivity contribution >= 4 is 27.5 Å². The molecule has 0 aliphatic heterocycles. The molecular formula is C14H21BrN2O. The molecule has 0 spiro atoms. The number of nitrogens with one attached hydrogen (secondary N) is 1. The summed E-state index contributed by atoms with van der Waals surface area (Å²) >= 11 is 3.50. The van der Waals surface area contributed by atoms with Gasteiger partial charge in [-0.2, -0.15) is 0 Å². The molecule has 0 bridgehead atoms. The van der Waals surface area contributed by atoms with Gasteiger partial charge in [0.2, 0.25) is 5.91 Å². The molecule has 0 unspecified atom stereocenters. The van der Waals surface area contributed by atoms with Gasteiger partial charge in [-0.05, 0) is 47.3 Å². The third-order valence-corrected chi connectivity index (χ3v) is 4.72. The first-order chi connectivity index (χ1) is 8.50. The van der Waals surface area contributed by atoms with Crippen molar-refractivity contribution in [1.29, 1.82) is 0 Å². The predicted molar refractivity (Wildman–Crippen MR) is 79.6 cm³/mol. The average Bonchev–Trinajstić information content (AvgIpc) is 2.38. The maximum absolute atomic E-state index is 12.4. The second-order valence-corrected chi connectivity index (χ2v) is 5.38. The Morgan fingerprint density at radius 2 is 2.00 bits per heavy atom. The van der Waals surface area contributed by atoms with Crippen LogP contribution in [0.5, 0.6) is 0 Å². The Labute approximate surface area is 117 Å². The van der Waals surface area contributed by atoms with Crippen molar-refractivity contribution in [3.05, 3.63) is 28.2 Å². The van der Waals surface area contributed by atoms with E-state index in [0.29, 0.717) is 6.54 Å². The Morgan fingerprint density at radius 1 is 1.39 bits per heavy atom. The number of hydrogen-bond acceptors (Lipinski definition) is 2. The zero-order valence-electron chi connectivity index (χ0n) is 11.2. The van der Waals surface area contributed by atoms with Crippen LogP contribution in [0, 0.1) is 12.3 Å². The zero-order chi connectivity index (χ0) is 13.8. The molecule has 0 atom stereocenters. The first-order valence-corrected chi connectivity index (χ1v) is 7.06. The second kappa shape index (κ2) is 6.34. The quantitative estimate of drug-likeness (QED) is 0.874. The highest BCUT2D eigenvalue weighted by Crippen LogP contribution is 2.30. The van der Waals surface area contributed by atoms with E-state index in [1.807, 2.05) is 39.0 Å². The van der Waals surface area contributed by atoms with Gasteiger partial charge < -0.3 is 11.1 Å². The van der Waals surface area contributed by atoms with E-state index < -0.39 is 5.41 Å². The number of nitrogens with two attached hydrogens (primary N) is 1. The summed E-state index contributed by atoms with van der Waals surface area (Å²) in [7, 11) is 0. The molecule has 3 nitrogen and oxygen atoms in total. The molecule has 18 heavy (non-hydrogen) atoms. The lowest BCUT2D eigenvalue weighted by Gasteiger charge is -2.28. The molecule has 3 N–H and O–H groups in total. The first-order valence-electron chi connectivity index (χ1n) is 6.27. The summed E-state index contributed by atoms with van der Waals surface area (Å²) in [5.41, 5.74) is 7.21. The van der Waals surface area contributed by atoms with Gasteiger partial charge in [0.05, 0.1) is 11.1 Å². The van der Waals surface area contributed by atoms with Gasteiger partial charge in [-0.15, -0.1) is 0 Å². The number of halogens is 1. The minimum atomic E-state index is -0.469. The van der Waals surface area contributed by atoms with Crippen LogP contribution in [-0.2, 0) is 4.79 Å². The summed E-state index contributed by atoms with van der Waals surface area (Å²) in [4.78, 5) is 12.4. The highest BCUT2D eigenvalue weighted by molar-refractivity contribution is 9.10. The van der Waals surface area contributed by atoms with E-state index in [1.165, 1.54) is 0 Å². The minimum Gasteiger partial charge on any atom is -0.329 e. The summed E-state index contributed by atoms with van der Waals surface area (Å²) in [5.74, 6) is 0.00120. The molecule has 0 heterocycles. The lowest BCUT2D eigenvalue weighted by Crippen LogP contribution is -2.41. The van der Waals surface area contributed by atoms with E-state index >= 15 is 0 Å². The SMILES string of the molecule is CCC(CC)(CN)C(=O)Nc1cccc(C)c1Br. The summed E-state index contributed by atoms with van der Waals surface area (Å²) in [6, 6.07) is 5.81. The number of rotatable bonds is 5. The van der Waals surface area contributed by atoms with Gasteiger partial charge in [0.15, 0.2) is 0 Å². The summed E-state index contributed by atoms with van der Waals surface area (Å²) < 4.78 is 0.927. The number of anilines is 1. The average molecular weight is 313 g/mol. The first kappa shape index (κ1) is 15.2. The Balaban J connectivity index is 2.97. The van der Waals surface area contributed by atoms with Crippen LogP contribution in [0.1, 0.15) is 32.3 Å². The molecule has 0 aromatic heterocycles. The number of benzene rings is 1. The van der Waals surface area contributed by atoms with Crippen LogP contribution in [0.4, 0.5) is 5.69 Å². The topological polar surface area (TPSA) is 55.1 Å². The van der Waals surface area contributed by atoms with Crippen molar-refractivity contribution in [3.63, 3.8) is 0 Å². The van der Waals surface area contributed by atoms with Crippen molar-refractivity contribution in [2.75, 3.05) is 11.9 Å². The molecule has 1 amide bonds. The third-order valence-electron chi connectivity index (χ3n) is 3.67. The molecule has 0 radical (unpaired) electrons. The highest BCUT2D eigenvalue weighted by Gasteiger charge is 2.33. The normalized spacial score (nSPS) is 11.4. The van der Waals surface area contributed by atoms with Crippen LogP contribution < -0.4 is 11.1 Å². The largest absolute Gasteiger partial charge is 0.329 e. The number of hydrogen-bond donors (Lipinski definition) is 2. The lowest BCUT2D eigenvalue weighted by atomic mass is 9.81. The molecule has 4 heteroatoms. The molecule has 0 fully saturated rings. The Hall–Kier alpha value is -0.870. The van der Waals surface area contributed by atoms with Gasteiger partial charge in [-0.1, -0.05) is 26.0 Å². The van der Waals surface area contributed by atoms with E-state index in [2.05, 4.69) is 21.2 Å². The van der Waals surface area contributed by atoms with E-state index in [-0.39, 0.29) is 5.91 Å². The minimum absolute atomic E-state index is 0.00120. The molecule has 1 aromatic carbocycles. The third kappa shape index (κ3) is 2.93. The Kier molecular flexibility index (Phi) is 5.35. The van der Waals surface area contributed by atoms with Crippen molar-refractivity contribution in [2.24, 2.45) is 11.1 Å². The molecular weight excluding hydrogens is 292 g/mol. The molecule has 1 rings (SSSR count). The number of carbonyl (C=O) groups is 1. The van der Waals surface area contributed by atoms with Crippen molar-refractivity contribution in [2.45, 2.75) is 33.6 Å². The molecule has 0 saturated carbocycles. The van der Waals surface area contributed by atoms with Crippen LogP contribution in [0.2, 0.25) is 0 Å². The highest BCUT2D eigenvalue weighted by atomic mass is 79.9. The van der Waals surface area contributed by atoms with Crippen molar-refractivity contribution < 1.29 is 4.79 Å². The standard InChI is InChI=1S/C14H21BrN2O/c1-4-14(5-2,9-16)13(18)17-11-8-6-7-10(3)12(11)15/h6-8H,4-5,9,16H2,1-3H3,(H,17,18). The van der Waals surface area contributed by atoms with Crippen molar-refractivity contribution in [3.8, 4) is 0 Å². The summed E-state index contributed by atoms with van der Waals surface area (Å²) in [6.45, 7) is 6.37. The predicted octanol–water partition coefficient (Wildman–Crippen LogP) is 3.46. The number of carbonyl (C=O) groups excluding carboxylic acids is 1. The fraction of sp³-hybridized carbons (Fsp3) is 0.500. The van der Waals surface area contributed by atoms with E-state index in [9.17, 15) is 4.79 Å². The van der Waals surface area contributed by atoms with Crippen LogP contribution in [0.3, 0.4) is 0 Å². The molecule has 1 aromatic rings. The molecule has 0 aliphatic carbocycles. The molecule has 100 valence electrons. The Morgan fingerprint density at radius 3 is 2.50 bits per heavy atom. The monoisotopic (exact) mass is 312 g/mol. The maximum Gasteiger partial charge on any atom is 0.231 e. The van der Waals surface area contributed by atoms with Gasteiger partial charge in [-0.25, -0.2) is 0 Å². The smallest absolute Gasteiger partial charge is 0.231 e. The second-order valence-electron chi connectivity index (χ2n) is 4.58. The number of aryl methyl sites for hydroxylation is 1. The van der Waals surface area contributed by atoms with Gasteiger partial charge >= 0.3 is 0 Å². The van der Waals surface area contributed by atoms with Crippen LogP contribution in [0.25, 0.3) is 0 Å². The molecule has 0 saturated heterocycles. The van der Waals surface area contributed by atoms with Gasteiger partial charge in [-0.3, -0.25) is 4.79 Å². The maximum atomic E-state index is 12.4. The van der Waals surface area contributed by atoms with Crippen LogP contribution in [0.15, 0.2) is 22.7 Å². The van der Waals surface area contributed by atoms with E-state index in [1.54, 1.807) is 0 Å². The zero-order valence-corrected chi connectivity index (χ0v) is 12.8. The Bertz CT molecular complexity index is 420. The van der Waals surface area contributed by atoms with Crippen LogP contribution >= 0.6 is 15.9 Å². The van der Waals surface area contributed by atoms with Crippen molar-refractivity contribution in [1.82, 2.24) is 0 Å². The fourth-order valence-corrected chi connectivity index (χ4v) is 2.31. The van der Waals surface area contributed by atoms with E-state index in [0.717, 1.165) is 28.6 Å². The lowest BCUT2D eigenvalue weighted by molar-refractivity contribution is -0.125. The van der Waals surface area contributed by atoms with E-state index in [4.69, 9.17) is 5.73 Å². The van der Waals surface area contributed by atoms with Gasteiger partial charge in [0.25, 0.3) is 0 Å². The summed E-state index contributed by atoms with van der Waals surface area (Å²) in [6.07, 6.45) is 1.49. The van der Waals surface area contributed by atoms with Gasteiger partial charge in [0, 0.05) is 11.0 Å².